The molecule has 0 saturated carbocycles. The summed E-state index contributed by atoms with van der Waals surface area (Å²) < 4.78 is 0. The fourth-order valence-electron chi connectivity index (χ4n) is 3.56. The first-order chi connectivity index (χ1) is 15.0. The molecule has 1 aromatic rings. The van der Waals surface area contributed by atoms with Crippen LogP contribution in [0.4, 0.5) is 0 Å². The van der Waals surface area contributed by atoms with Gasteiger partial charge in [-0.05, 0) is 17.7 Å². The van der Waals surface area contributed by atoms with E-state index in [9.17, 15) is 35.7 Å². The van der Waals surface area contributed by atoms with Crippen molar-refractivity contribution in [2.45, 2.75) is 19.6 Å². The molecule has 0 spiro atoms. The normalized spacial score (nSPS) is 11.9. The molecule has 0 aromatic heterocycles. The van der Waals surface area contributed by atoms with E-state index in [1.54, 1.807) is 0 Å². The Hall–Kier alpha value is -1.34. The van der Waals surface area contributed by atoms with E-state index in [-0.39, 0.29) is 45.4 Å². The Morgan fingerprint density at radius 3 is 1.06 bits per heavy atom. The van der Waals surface area contributed by atoms with Gasteiger partial charge in [0, 0.05) is 70.0 Å². The molecule has 1 aromatic carbocycles. The lowest BCUT2D eigenvalue weighted by molar-refractivity contribution is 0.151. The maximum Gasteiger partial charge on any atom is 0.124 e. The third-order valence-corrected chi connectivity index (χ3v) is 5.02. The van der Waals surface area contributed by atoms with Crippen LogP contribution in [-0.4, -0.2) is 129 Å². The van der Waals surface area contributed by atoms with Gasteiger partial charge in [0.15, 0.2) is 0 Å². The van der Waals surface area contributed by atoms with E-state index in [2.05, 4.69) is 0 Å². The molecule has 31 heavy (non-hydrogen) atoms. The zero-order valence-electron chi connectivity index (χ0n) is 18.2. The number of hydrogen-bond donors (Lipinski definition) is 7. The maximum absolute atomic E-state index is 10.9. The van der Waals surface area contributed by atoms with Crippen LogP contribution in [-0.2, 0) is 19.6 Å². The molecular weight excluding hydrogens is 406 g/mol. The molecule has 1 rings (SSSR count). The van der Waals surface area contributed by atoms with E-state index in [0.717, 1.165) is 5.56 Å². The molecule has 10 heteroatoms. The molecule has 0 heterocycles. The van der Waals surface area contributed by atoms with E-state index in [0.29, 0.717) is 70.0 Å². The van der Waals surface area contributed by atoms with Gasteiger partial charge in [-0.1, -0.05) is 0 Å². The van der Waals surface area contributed by atoms with E-state index in [1.807, 2.05) is 26.8 Å². The van der Waals surface area contributed by atoms with Gasteiger partial charge in [-0.2, -0.15) is 0 Å². The van der Waals surface area contributed by atoms with Crippen molar-refractivity contribution in [1.29, 1.82) is 0 Å². The average molecular weight is 446 g/mol. The van der Waals surface area contributed by atoms with Crippen molar-refractivity contribution in [3.63, 3.8) is 0 Å². The molecule has 10 nitrogen and oxygen atoms in total. The molecule has 0 bridgehead atoms. The first kappa shape index (κ1) is 27.7. The SMILES string of the molecule is OCCN(CCO)Cc1cc(CN(CCO)CCO)c(O)c(CN(CCO)CCO)c1. The third kappa shape index (κ3) is 10.2. The Balaban J connectivity index is 3.25. The number of aromatic hydroxyl groups is 1. The Morgan fingerprint density at radius 1 is 0.484 bits per heavy atom. The van der Waals surface area contributed by atoms with Gasteiger partial charge in [-0.3, -0.25) is 14.7 Å². The first-order valence-electron chi connectivity index (χ1n) is 10.7. The highest BCUT2D eigenvalue weighted by Crippen LogP contribution is 2.28. The highest BCUT2D eigenvalue weighted by molar-refractivity contribution is 5.44. The zero-order chi connectivity index (χ0) is 23.1. The predicted octanol–water partition coefficient (Wildman–Crippen LogP) is -2.25. The van der Waals surface area contributed by atoms with E-state index < -0.39 is 0 Å². The molecule has 180 valence electrons. The third-order valence-electron chi connectivity index (χ3n) is 5.02. The van der Waals surface area contributed by atoms with E-state index in [1.165, 1.54) is 0 Å². The second-order valence-electron chi connectivity index (χ2n) is 7.43. The quantitative estimate of drug-likeness (QED) is 0.132. The zero-order valence-corrected chi connectivity index (χ0v) is 18.2. The fourth-order valence-corrected chi connectivity index (χ4v) is 3.56. The number of rotatable bonds is 18. The monoisotopic (exact) mass is 445 g/mol. The summed E-state index contributed by atoms with van der Waals surface area (Å²) in [6, 6.07) is 3.70. The van der Waals surface area contributed by atoms with E-state index in [4.69, 9.17) is 0 Å². The van der Waals surface area contributed by atoms with Crippen LogP contribution in [0.3, 0.4) is 0 Å². The van der Waals surface area contributed by atoms with Crippen molar-refractivity contribution in [2.75, 3.05) is 78.9 Å². The molecule has 0 amide bonds. The largest absolute Gasteiger partial charge is 0.507 e. The molecule has 7 N–H and O–H groups in total. The lowest BCUT2D eigenvalue weighted by Crippen LogP contribution is -2.31. The van der Waals surface area contributed by atoms with Crippen LogP contribution in [0.2, 0.25) is 0 Å². The summed E-state index contributed by atoms with van der Waals surface area (Å²) in [5.74, 6) is 0.0985. The van der Waals surface area contributed by atoms with Crippen molar-refractivity contribution < 1.29 is 35.7 Å². The number of nitrogens with zero attached hydrogens (tertiary/aromatic N) is 3. The van der Waals surface area contributed by atoms with Crippen molar-refractivity contribution in [2.24, 2.45) is 0 Å². The Labute approximate surface area is 184 Å². The first-order valence-corrected chi connectivity index (χ1v) is 10.7. The second-order valence-corrected chi connectivity index (χ2v) is 7.43. The summed E-state index contributed by atoms with van der Waals surface area (Å²) >= 11 is 0. The van der Waals surface area contributed by atoms with Crippen molar-refractivity contribution in [1.82, 2.24) is 14.7 Å². The number of hydrogen-bond acceptors (Lipinski definition) is 10. The van der Waals surface area contributed by atoms with Crippen molar-refractivity contribution in [3.05, 3.63) is 28.8 Å². The highest BCUT2D eigenvalue weighted by Gasteiger charge is 2.17. The van der Waals surface area contributed by atoms with Gasteiger partial charge in [0.2, 0.25) is 0 Å². The molecule has 0 aliphatic heterocycles. The smallest absolute Gasteiger partial charge is 0.124 e. The molecule has 0 aliphatic carbocycles. The minimum Gasteiger partial charge on any atom is -0.507 e. The average Bonchev–Trinajstić information content (AvgIpc) is 2.72. The van der Waals surface area contributed by atoms with Crippen LogP contribution in [0.15, 0.2) is 12.1 Å². The second kappa shape index (κ2) is 16.3. The maximum atomic E-state index is 10.9. The minimum atomic E-state index is -0.0745. The highest BCUT2D eigenvalue weighted by atomic mass is 16.3. The standard InChI is InChI=1S/C21H39N3O7/c25-7-1-22(2-8-26)15-18-13-19(16-23(3-9-27)4-10-28)21(31)20(14-18)17-24(5-11-29)6-12-30/h13-14,25-31H,1-12,15-17H2. The van der Waals surface area contributed by atoms with Gasteiger partial charge < -0.3 is 35.7 Å². The predicted molar refractivity (Wildman–Crippen MR) is 116 cm³/mol. The number of aliphatic hydroxyl groups is 6. The summed E-state index contributed by atoms with van der Waals surface area (Å²) in [6.45, 7) is 2.92. The lowest BCUT2D eigenvalue weighted by atomic mass is 10.0. The van der Waals surface area contributed by atoms with E-state index >= 15 is 0 Å². The van der Waals surface area contributed by atoms with Crippen LogP contribution in [0.5, 0.6) is 5.75 Å². The number of benzene rings is 1. The number of phenols is 1. The minimum absolute atomic E-state index is 0.0423. The molecular formula is C21H39N3O7. The fraction of sp³-hybridized carbons (Fsp3) is 0.714. The van der Waals surface area contributed by atoms with Gasteiger partial charge in [-0.15, -0.1) is 0 Å². The summed E-state index contributed by atoms with van der Waals surface area (Å²) in [5, 5.41) is 66.7. The topological polar surface area (TPSA) is 151 Å². The van der Waals surface area contributed by atoms with Crippen molar-refractivity contribution >= 4 is 0 Å². The molecule has 0 atom stereocenters. The summed E-state index contributed by atoms with van der Waals surface area (Å²) in [6.07, 6.45) is 0. The number of aliphatic hydroxyl groups excluding tert-OH is 6. The lowest BCUT2D eigenvalue weighted by Gasteiger charge is -2.26. The molecule has 0 fully saturated rings. The van der Waals surface area contributed by atoms with Gasteiger partial charge in [0.25, 0.3) is 0 Å². The molecule has 0 radical (unpaired) electrons. The Kier molecular flexibility index (Phi) is 14.6. The van der Waals surface area contributed by atoms with Crippen LogP contribution in [0.1, 0.15) is 16.7 Å². The van der Waals surface area contributed by atoms with Crippen LogP contribution >= 0.6 is 0 Å². The summed E-state index contributed by atoms with van der Waals surface area (Å²) in [4.78, 5) is 5.57. The van der Waals surface area contributed by atoms with Crippen LogP contribution < -0.4 is 0 Å². The van der Waals surface area contributed by atoms with Gasteiger partial charge in [0.1, 0.15) is 5.75 Å². The van der Waals surface area contributed by atoms with Gasteiger partial charge >= 0.3 is 0 Å². The van der Waals surface area contributed by atoms with Crippen LogP contribution in [0.25, 0.3) is 0 Å². The Bertz CT molecular complexity index is 549. The Morgan fingerprint density at radius 2 is 0.774 bits per heavy atom. The van der Waals surface area contributed by atoms with Gasteiger partial charge in [0.05, 0.1) is 39.6 Å². The van der Waals surface area contributed by atoms with Gasteiger partial charge in [-0.25, -0.2) is 0 Å². The molecule has 0 unspecified atom stereocenters. The summed E-state index contributed by atoms with van der Waals surface area (Å²) in [7, 11) is 0. The molecule has 0 aliphatic rings. The molecule has 0 saturated heterocycles. The number of phenolic OH excluding ortho intramolecular Hbond substituents is 1. The van der Waals surface area contributed by atoms with Crippen LogP contribution in [0, 0.1) is 0 Å². The van der Waals surface area contributed by atoms with Crippen molar-refractivity contribution in [3.8, 4) is 5.75 Å². The summed E-state index contributed by atoms with van der Waals surface area (Å²) in [5.41, 5.74) is 2.15.